The average molecular weight is 390 g/mol. The van der Waals surface area contributed by atoms with Gasteiger partial charge in [-0.1, -0.05) is 27.2 Å². The highest BCUT2D eigenvalue weighted by Gasteiger charge is 2.19. The molecule has 1 heterocycles. The van der Waals surface area contributed by atoms with E-state index in [1.54, 1.807) is 0 Å². The maximum atomic E-state index is 12.8. The predicted molar refractivity (Wildman–Crippen MR) is 81.1 cm³/mol. The molecule has 0 radical (unpaired) electrons. The van der Waals surface area contributed by atoms with Crippen molar-refractivity contribution in [3.8, 4) is 0 Å². The lowest BCUT2D eigenvalue weighted by atomic mass is 10.1. The Bertz CT molecular complexity index is 413. The molecule has 3 nitrogen and oxygen atoms in total. The summed E-state index contributed by atoms with van der Waals surface area (Å²) in [6.45, 7) is 5.98. The largest absolute Gasteiger partial charge is 0.279 e. The summed E-state index contributed by atoms with van der Waals surface area (Å²) in [4.78, 5) is 11.6. The van der Waals surface area contributed by atoms with Crippen LogP contribution >= 0.6 is 28.4 Å². The number of hydrogen-bond donors (Lipinski definition) is 0. The molecule has 7 heteroatoms. The second-order valence-corrected chi connectivity index (χ2v) is 5.33. The SMILES string of the molecule is CC.CCCCc1cnn(PI)c(=O)c1C(F)F. The van der Waals surface area contributed by atoms with Crippen LogP contribution in [0.5, 0.6) is 0 Å². The van der Waals surface area contributed by atoms with Gasteiger partial charge in [-0.05, 0) is 40.4 Å². The zero-order chi connectivity index (χ0) is 14.1. The van der Waals surface area contributed by atoms with Gasteiger partial charge in [-0.2, -0.15) is 5.10 Å². The monoisotopic (exact) mass is 390 g/mol. The summed E-state index contributed by atoms with van der Waals surface area (Å²) in [6.07, 6.45) is 0.900. The van der Waals surface area contributed by atoms with E-state index in [4.69, 9.17) is 0 Å². The molecule has 0 aliphatic carbocycles. The van der Waals surface area contributed by atoms with E-state index in [-0.39, 0.29) is 11.9 Å². The number of aryl methyl sites for hydroxylation is 1. The number of hydrogen-bond acceptors (Lipinski definition) is 2. The highest BCUT2D eigenvalue weighted by molar-refractivity contribution is 14.2. The van der Waals surface area contributed by atoms with Gasteiger partial charge in [0.1, 0.15) is 0 Å². The third-order valence-electron chi connectivity index (χ3n) is 2.20. The first-order valence-corrected chi connectivity index (χ1v) is 9.93. The number of nitrogens with zero attached hydrogens (tertiary/aromatic N) is 2. The molecule has 0 spiro atoms. The minimum absolute atomic E-state index is 0.0464. The molecule has 0 aliphatic heterocycles. The molecule has 18 heavy (non-hydrogen) atoms. The van der Waals surface area contributed by atoms with E-state index in [1.165, 1.54) is 6.20 Å². The minimum Gasteiger partial charge on any atom is -0.267 e. The Hall–Kier alpha value is -0.100. The zero-order valence-corrected chi connectivity index (χ0v) is 13.9. The van der Waals surface area contributed by atoms with E-state index < -0.39 is 12.0 Å². The second-order valence-electron chi connectivity index (χ2n) is 3.29. The van der Waals surface area contributed by atoms with Crippen molar-refractivity contribution in [1.82, 2.24) is 9.55 Å². The fraction of sp³-hybridized carbons (Fsp3) is 0.636. The Kier molecular flexibility index (Phi) is 9.73. The smallest absolute Gasteiger partial charge is 0.267 e. The summed E-state index contributed by atoms with van der Waals surface area (Å²) >= 11 is 1.94. The molecule has 0 saturated heterocycles. The average Bonchev–Trinajstić information content (AvgIpc) is 2.38. The first kappa shape index (κ1) is 17.9. The quantitative estimate of drug-likeness (QED) is 0.554. The Morgan fingerprint density at radius 2 is 2.11 bits per heavy atom. The van der Waals surface area contributed by atoms with Crippen molar-refractivity contribution < 1.29 is 8.78 Å². The van der Waals surface area contributed by atoms with Crippen LogP contribution in [-0.2, 0) is 6.42 Å². The molecule has 0 amide bonds. The van der Waals surface area contributed by atoms with Crippen molar-refractivity contribution in [3.05, 3.63) is 27.7 Å². The number of alkyl halides is 2. The summed E-state index contributed by atoms with van der Waals surface area (Å²) in [5.41, 5.74) is -0.656. The Labute approximate surface area is 121 Å². The van der Waals surface area contributed by atoms with Crippen LogP contribution in [0.4, 0.5) is 8.78 Å². The molecule has 0 fully saturated rings. The van der Waals surface area contributed by atoms with Gasteiger partial charge in [0.05, 0.1) is 18.1 Å². The third-order valence-corrected chi connectivity index (χ3v) is 4.05. The molecule has 1 rings (SSSR count). The maximum Gasteiger partial charge on any atom is 0.279 e. The standard InChI is InChI=1S/C9H12F2IN2OP.C2H6/c1-2-3-4-6-5-13-14(16-12)9(15)7(6)8(10)11;1-2/h5,8,16H,2-4H2,1H3;1-2H3. The second kappa shape index (κ2) is 9.78. The van der Waals surface area contributed by atoms with Crippen LogP contribution in [-0.4, -0.2) is 9.55 Å². The van der Waals surface area contributed by atoms with Crippen LogP contribution in [0.3, 0.4) is 0 Å². The van der Waals surface area contributed by atoms with Gasteiger partial charge in [-0.3, -0.25) is 4.79 Å². The molecule has 1 aromatic rings. The number of unbranched alkanes of at least 4 members (excludes halogenated alkanes) is 1. The van der Waals surface area contributed by atoms with Gasteiger partial charge >= 0.3 is 0 Å². The highest BCUT2D eigenvalue weighted by Crippen LogP contribution is 2.24. The van der Waals surface area contributed by atoms with Crippen molar-refractivity contribution in [2.24, 2.45) is 0 Å². The molecule has 0 aromatic carbocycles. The number of aromatic nitrogens is 2. The van der Waals surface area contributed by atoms with Gasteiger partial charge in [-0.25, -0.2) is 13.2 Å². The van der Waals surface area contributed by atoms with Crippen LogP contribution in [0.15, 0.2) is 11.0 Å². The number of halogens is 3. The van der Waals surface area contributed by atoms with Crippen LogP contribution in [0, 0.1) is 0 Å². The lowest BCUT2D eigenvalue weighted by molar-refractivity contribution is 0.148. The molecule has 0 bridgehead atoms. The van der Waals surface area contributed by atoms with Crippen LogP contribution in [0.25, 0.3) is 0 Å². The van der Waals surface area contributed by atoms with E-state index in [2.05, 4.69) is 5.10 Å². The van der Waals surface area contributed by atoms with Crippen LogP contribution in [0.2, 0.25) is 0 Å². The molecular formula is C11H18F2IN2OP. The van der Waals surface area contributed by atoms with E-state index >= 15 is 0 Å². The topological polar surface area (TPSA) is 34.9 Å². The van der Waals surface area contributed by atoms with Crippen molar-refractivity contribution >= 4 is 28.4 Å². The van der Waals surface area contributed by atoms with Crippen LogP contribution < -0.4 is 5.56 Å². The number of rotatable bonds is 5. The molecule has 1 atom stereocenters. The predicted octanol–water partition coefficient (Wildman–Crippen LogP) is 4.34. The summed E-state index contributed by atoms with van der Waals surface area (Å²) < 4.78 is 26.7. The lowest BCUT2D eigenvalue weighted by Crippen LogP contribution is -2.23. The van der Waals surface area contributed by atoms with Crippen molar-refractivity contribution in [2.75, 3.05) is 0 Å². The van der Waals surface area contributed by atoms with Gasteiger partial charge in [0, 0.05) is 0 Å². The Balaban J connectivity index is 0.00000137. The molecule has 0 N–H and O–H groups in total. The van der Waals surface area contributed by atoms with Gasteiger partial charge in [0.2, 0.25) is 0 Å². The van der Waals surface area contributed by atoms with Crippen molar-refractivity contribution in [1.29, 1.82) is 0 Å². The van der Waals surface area contributed by atoms with E-state index in [0.29, 0.717) is 12.0 Å². The summed E-state index contributed by atoms with van der Waals surface area (Å²) in [5, 5.41) is 3.87. The minimum atomic E-state index is -2.72. The van der Waals surface area contributed by atoms with E-state index in [0.717, 1.165) is 17.3 Å². The lowest BCUT2D eigenvalue weighted by Gasteiger charge is -2.09. The molecule has 0 aliphatic rings. The van der Waals surface area contributed by atoms with Gasteiger partial charge in [0.25, 0.3) is 12.0 Å². The van der Waals surface area contributed by atoms with Gasteiger partial charge in [0.15, 0.2) is 0 Å². The van der Waals surface area contributed by atoms with Crippen molar-refractivity contribution in [2.45, 2.75) is 46.5 Å². The third kappa shape index (κ3) is 4.88. The van der Waals surface area contributed by atoms with Gasteiger partial charge in [-0.15, -0.1) is 0 Å². The first-order chi connectivity index (χ1) is 8.61. The molecular weight excluding hydrogens is 372 g/mol. The molecule has 0 saturated carbocycles. The van der Waals surface area contributed by atoms with Crippen molar-refractivity contribution in [3.63, 3.8) is 0 Å². The highest BCUT2D eigenvalue weighted by atomic mass is 127. The molecule has 1 aromatic heterocycles. The molecule has 1 unspecified atom stereocenters. The molecule has 104 valence electrons. The first-order valence-electron chi connectivity index (χ1n) is 5.87. The normalized spacial score (nSPS) is 10.8. The maximum absolute atomic E-state index is 12.8. The van der Waals surface area contributed by atoms with E-state index in [9.17, 15) is 13.6 Å². The Morgan fingerprint density at radius 1 is 1.50 bits per heavy atom. The fourth-order valence-electron chi connectivity index (χ4n) is 1.36. The summed E-state index contributed by atoms with van der Waals surface area (Å²) in [5.74, 6) is 0. The Morgan fingerprint density at radius 3 is 2.56 bits per heavy atom. The van der Waals surface area contributed by atoms with Gasteiger partial charge < -0.3 is 0 Å². The van der Waals surface area contributed by atoms with Crippen LogP contribution in [0.1, 0.15) is 51.2 Å². The zero-order valence-electron chi connectivity index (χ0n) is 10.7. The fourth-order valence-corrected chi connectivity index (χ4v) is 2.69. The summed E-state index contributed by atoms with van der Waals surface area (Å²) in [6, 6.07) is 0. The van der Waals surface area contributed by atoms with E-state index in [1.807, 2.05) is 42.8 Å². The summed E-state index contributed by atoms with van der Waals surface area (Å²) in [7, 11) is 0.